The molecule has 0 radical (unpaired) electrons. The molecule has 0 amide bonds. The van der Waals surface area contributed by atoms with E-state index in [0.29, 0.717) is 8.95 Å². The van der Waals surface area contributed by atoms with Gasteiger partial charge in [0.2, 0.25) is 0 Å². The van der Waals surface area contributed by atoms with Gasteiger partial charge in [0.1, 0.15) is 0 Å². The molecule has 0 nitrogen and oxygen atoms in total. The fourth-order valence-electron chi connectivity index (χ4n) is 1.93. The summed E-state index contributed by atoms with van der Waals surface area (Å²) >= 11 is 6.25. The third kappa shape index (κ3) is 3.85. The van der Waals surface area contributed by atoms with Crippen LogP contribution in [0.5, 0.6) is 0 Å². The molecule has 0 unspecified atom stereocenters. The largest absolute Gasteiger partial charge is 0.460 e. The van der Waals surface area contributed by atoms with Crippen molar-refractivity contribution in [1.82, 2.24) is 0 Å². The standard InChI is InChI=1S/C16H8Br2F6/c17-11-5-1-9(2-6-11)13(10-3-7-12(18)8-4-10)14(19)15(20,21)16(22,23)24/h1-8H. The van der Waals surface area contributed by atoms with Gasteiger partial charge < -0.3 is 0 Å². The maximum atomic E-state index is 14.3. The Kier molecular flexibility index (Phi) is 5.49. The van der Waals surface area contributed by atoms with Gasteiger partial charge in [0.05, 0.1) is 0 Å². The average molecular weight is 474 g/mol. The molecule has 0 saturated heterocycles. The van der Waals surface area contributed by atoms with Gasteiger partial charge >= 0.3 is 12.1 Å². The van der Waals surface area contributed by atoms with E-state index in [1.165, 1.54) is 48.5 Å². The molecule has 0 spiro atoms. The van der Waals surface area contributed by atoms with E-state index >= 15 is 0 Å². The lowest BCUT2D eigenvalue weighted by Gasteiger charge is -2.21. The lowest BCUT2D eigenvalue weighted by molar-refractivity contribution is -0.270. The second-order valence-electron chi connectivity index (χ2n) is 4.77. The van der Waals surface area contributed by atoms with Crippen LogP contribution in [0, 0.1) is 0 Å². The minimum absolute atomic E-state index is 0.0954. The van der Waals surface area contributed by atoms with Gasteiger partial charge in [-0.3, -0.25) is 0 Å². The summed E-state index contributed by atoms with van der Waals surface area (Å²) in [7, 11) is 0. The summed E-state index contributed by atoms with van der Waals surface area (Å²) in [4.78, 5) is 0. The van der Waals surface area contributed by atoms with Gasteiger partial charge in [0.25, 0.3) is 0 Å². The summed E-state index contributed by atoms with van der Waals surface area (Å²) in [5.41, 5.74) is -0.999. The average Bonchev–Trinajstić information content (AvgIpc) is 2.50. The topological polar surface area (TPSA) is 0 Å². The molecule has 0 aliphatic rings. The lowest BCUT2D eigenvalue weighted by atomic mass is 9.95. The van der Waals surface area contributed by atoms with E-state index in [-0.39, 0.29) is 11.1 Å². The number of halogens is 8. The van der Waals surface area contributed by atoms with E-state index in [1.54, 1.807) is 0 Å². The Morgan fingerprint density at radius 3 is 1.29 bits per heavy atom. The summed E-state index contributed by atoms with van der Waals surface area (Å²) < 4.78 is 80.2. The van der Waals surface area contributed by atoms with E-state index in [4.69, 9.17) is 0 Å². The van der Waals surface area contributed by atoms with Crippen molar-refractivity contribution < 1.29 is 26.3 Å². The predicted octanol–water partition coefficient (Wildman–Crippen LogP) is 7.14. The van der Waals surface area contributed by atoms with Gasteiger partial charge in [-0.15, -0.1) is 0 Å². The maximum Gasteiger partial charge on any atom is 0.460 e. The van der Waals surface area contributed by atoms with E-state index in [0.717, 1.165) is 0 Å². The van der Waals surface area contributed by atoms with Crippen LogP contribution in [-0.2, 0) is 0 Å². The molecule has 0 aromatic heterocycles. The van der Waals surface area contributed by atoms with Crippen LogP contribution in [0.25, 0.3) is 5.57 Å². The highest BCUT2D eigenvalue weighted by atomic mass is 79.9. The number of allylic oxidation sites excluding steroid dienone is 1. The monoisotopic (exact) mass is 472 g/mol. The fourth-order valence-corrected chi connectivity index (χ4v) is 2.46. The fraction of sp³-hybridized carbons (Fsp3) is 0.125. The second kappa shape index (κ2) is 6.92. The molecule has 128 valence electrons. The van der Waals surface area contributed by atoms with Crippen molar-refractivity contribution in [2.24, 2.45) is 0 Å². The van der Waals surface area contributed by atoms with Gasteiger partial charge in [-0.1, -0.05) is 56.1 Å². The number of alkyl halides is 5. The van der Waals surface area contributed by atoms with Crippen molar-refractivity contribution in [2.75, 3.05) is 0 Å². The number of hydrogen-bond donors (Lipinski definition) is 0. The molecule has 0 fully saturated rings. The minimum Gasteiger partial charge on any atom is -0.204 e. The molecule has 0 N–H and O–H groups in total. The van der Waals surface area contributed by atoms with Crippen molar-refractivity contribution in [3.05, 3.63) is 74.4 Å². The first kappa shape index (κ1) is 19.1. The Morgan fingerprint density at radius 1 is 0.667 bits per heavy atom. The molecule has 2 aromatic carbocycles. The summed E-state index contributed by atoms with van der Waals surface area (Å²) in [5.74, 6) is -8.14. The molecule has 2 aromatic rings. The molecule has 2 rings (SSSR count). The van der Waals surface area contributed by atoms with Crippen LogP contribution in [0.15, 0.2) is 63.3 Å². The normalized spacial score (nSPS) is 12.2. The van der Waals surface area contributed by atoms with E-state index < -0.39 is 23.5 Å². The summed E-state index contributed by atoms with van der Waals surface area (Å²) in [5, 5.41) is 0. The van der Waals surface area contributed by atoms with Gasteiger partial charge in [-0.2, -0.15) is 22.0 Å². The van der Waals surface area contributed by atoms with Crippen LogP contribution in [0.1, 0.15) is 11.1 Å². The quantitative estimate of drug-likeness (QED) is 0.415. The van der Waals surface area contributed by atoms with Crippen molar-refractivity contribution in [3.8, 4) is 0 Å². The van der Waals surface area contributed by atoms with Crippen molar-refractivity contribution in [1.29, 1.82) is 0 Å². The third-order valence-electron chi connectivity index (χ3n) is 3.12. The number of rotatable bonds is 3. The zero-order valence-electron chi connectivity index (χ0n) is 11.6. The van der Waals surface area contributed by atoms with Gasteiger partial charge in [-0.05, 0) is 35.4 Å². The lowest BCUT2D eigenvalue weighted by Crippen LogP contribution is -2.37. The zero-order valence-corrected chi connectivity index (χ0v) is 14.8. The molecule has 8 heteroatoms. The molecule has 24 heavy (non-hydrogen) atoms. The highest BCUT2D eigenvalue weighted by Gasteiger charge is 2.62. The van der Waals surface area contributed by atoms with E-state index in [9.17, 15) is 26.3 Å². The molecule has 0 aliphatic carbocycles. The summed E-state index contributed by atoms with van der Waals surface area (Å²) in [6, 6.07) is 10.7. The van der Waals surface area contributed by atoms with Gasteiger partial charge in [0, 0.05) is 14.5 Å². The molecule has 0 atom stereocenters. The molecule has 0 aliphatic heterocycles. The number of benzene rings is 2. The van der Waals surface area contributed by atoms with Crippen LogP contribution in [0.2, 0.25) is 0 Å². The van der Waals surface area contributed by atoms with Gasteiger partial charge in [0.15, 0.2) is 5.83 Å². The Balaban J connectivity index is 2.73. The molecule has 0 bridgehead atoms. The van der Waals surface area contributed by atoms with Crippen LogP contribution in [0.3, 0.4) is 0 Å². The number of hydrogen-bond acceptors (Lipinski definition) is 0. The van der Waals surface area contributed by atoms with Crippen molar-refractivity contribution in [2.45, 2.75) is 12.1 Å². The first-order chi connectivity index (χ1) is 11.0. The Hall–Kier alpha value is -1.28. The van der Waals surface area contributed by atoms with Crippen LogP contribution >= 0.6 is 31.9 Å². The maximum absolute atomic E-state index is 14.3. The van der Waals surface area contributed by atoms with E-state index in [1.807, 2.05) is 0 Å². The Labute approximate surface area is 150 Å². The van der Waals surface area contributed by atoms with Gasteiger partial charge in [-0.25, -0.2) is 4.39 Å². The first-order valence-corrected chi connectivity index (χ1v) is 7.99. The third-order valence-corrected chi connectivity index (χ3v) is 4.17. The summed E-state index contributed by atoms with van der Waals surface area (Å²) in [6.07, 6.45) is -6.03. The van der Waals surface area contributed by atoms with E-state index in [2.05, 4.69) is 31.9 Å². The van der Waals surface area contributed by atoms with Crippen LogP contribution in [0.4, 0.5) is 26.3 Å². The zero-order chi connectivity index (χ0) is 18.1. The molecular weight excluding hydrogens is 466 g/mol. The van der Waals surface area contributed by atoms with Crippen molar-refractivity contribution >= 4 is 37.4 Å². The van der Waals surface area contributed by atoms with Crippen LogP contribution in [-0.4, -0.2) is 12.1 Å². The minimum atomic E-state index is -6.03. The second-order valence-corrected chi connectivity index (χ2v) is 6.61. The molecule has 0 saturated carbocycles. The first-order valence-electron chi connectivity index (χ1n) is 6.40. The smallest absolute Gasteiger partial charge is 0.204 e. The highest BCUT2D eigenvalue weighted by molar-refractivity contribution is 9.10. The van der Waals surface area contributed by atoms with Crippen LogP contribution < -0.4 is 0 Å². The highest BCUT2D eigenvalue weighted by Crippen LogP contribution is 2.46. The molecular formula is C16H8Br2F6. The SMILES string of the molecule is FC(=C(c1ccc(Br)cc1)c1ccc(Br)cc1)C(F)(F)C(F)(F)F. The summed E-state index contributed by atoms with van der Waals surface area (Å²) in [6.45, 7) is 0. The molecule has 0 heterocycles. The Bertz CT molecular complexity index is 698. The Morgan fingerprint density at radius 2 is 1.00 bits per heavy atom. The predicted molar refractivity (Wildman–Crippen MR) is 86.4 cm³/mol. The van der Waals surface area contributed by atoms with Crippen molar-refractivity contribution in [3.63, 3.8) is 0 Å².